The van der Waals surface area contributed by atoms with Crippen molar-refractivity contribution < 1.29 is 9.59 Å². The fourth-order valence-electron chi connectivity index (χ4n) is 4.46. The first-order valence-corrected chi connectivity index (χ1v) is 11.6. The molecule has 5 nitrogen and oxygen atoms in total. The van der Waals surface area contributed by atoms with E-state index < -0.39 is 0 Å². The molecule has 1 saturated heterocycles. The van der Waals surface area contributed by atoms with Gasteiger partial charge in [-0.05, 0) is 40.8 Å². The molecule has 1 aromatic heterocycles. The summed E-state index contributed by atoms with van der Waals surface area (Å²) in [6.45, 7) is 9.82. The molecule has 0 saturated carbocycles. The van der Waals surface area contributed by atoms with Crippen LogP contribution in [0.2, 0.25) is 0 Å². The molecule has 6 heteroatoms. The Morgan fingerprint density at radius 3 is 2.43 bits per heavy atom. The van der Waals surface area contributed by atoms with Gasteiger partial charge >= 0.3 is 0 Å². The lowest BCUT2D eigenvalue weighted by Crippen LogP contribution is -2.38. The molecular weight excluding hydrogens is 394 g/mol. The van der Waals surface area contributed by atoms with E-state index in [-0.39, 0.29) is 24.3 Å². The van der Waals surface area contributed by atoms with Gasteiger partial charge in [-0.2, -0.15) is 0 Å². The number of likely N-dealkylation sites (tertiary alicyclic amines) is 1. The molecule has 2 aromatic rings. The third-order valence-electron chi connectivity index (χ3n) is 5.59. The summed E-state index contributed by atoms with van der Waals surface area (Å²) in [6.07, 6.45) is 1.54. The highest BCUT2D eigenvalue weighted by Crippen LogP contribution is 2.24. The highest BCUT2D eigenvalue weighted by molar-refractivity contribution is 7.10. The zero-order valence-corrected chi connectivity index (χ0v) is 19.0. The van der Waals surface area contributed by atoms with Gasteiger partial charge in [0, 0.05) is 38.0 Å². The summed E-state index contributed by atoms with van der Waals surface area (Å²) in [6, 6.07) is 12.0. The van der Waals surface area contributed by atoms with E-state index in [0.717, 1.165) is 41.9 Å². The number of thiophene rings is 1. The molecule has 2 heterocycles. The van der Waals surface area contributed by atoms with Crippen molar-refractivity contribution in [2.75, 3.05) is 13.1 Å². The van der Waals surface area contributed by atoms with Gasteiger partial charge in [0.15, 0.2) is 0 Å². The monoisotopic (exact) mass is 427 g/mol. The van der Waals surface area contributed by atoms with Gasteiger partial charge in [0.25, 0.3) is 0 Å². The number of rotatable bonds is 8. The molecule has 0 radical (unpaired) electrons. The third-order valence-corrected chi connectivity index (χ3v) is 6.57. The Hall–Kier alpha value is -2.18. The van der Waals surface area contributed by atoms with E-state index in [1.54, 1.807) is 11.3 Å². The topological polar surface area (TPSA) is 61.4 Å². The van der Waals surface area contributed by atoms with Crippen molar-refractivity contribution in [1.29, 1.82) is 0 Å². The SMILES string of the molecule is CC(=O)N[C@@H](CC(=O)NCc1ccccc1CN1C[C@H](C)C[C@@H](C)C1)c1cccs1. The zero-order chi connectivity index (χ0) is 21.5. The number of benzene rings is 1. The highest BCUT2D eigenvalue weighted by Gasteiger charge is 2.22. The first kappa shape index (κ1) is 22.5. The van der Waals surface area contributed by atoms with Gasteiger partial charge in [-0.3, -0.25) is 14.5 Å². The second kappa shape index (κ2) is 10.7. The van der Waals surface area contributed by atoms with Crippen LogP contribution in [0.5, 0.6) is 0 Å². The van der Waals surface area contributed by atoms with Crippen LogP contribution in [0.4, 0.5) is 0 Å². The molecule has 0 spiro atoms. The van der Waals surface area contributed by atoms with Crippen LogP contribution in [0, 0.1) is 11.8 Å². The lowest BCUT2D eigenvalue weighted by Gasteiger charge is -2.35. The molecule has 3 rings (SSSR count). The minimum Gasteiger partial charge on any atom is -0.352 e. The summed E-state index contributed by atoms with van der Waals surface area (Å²) in [5.74, 6) is 1.26. The molecule has 1 aromatic carbocycles. The summed E-state index contributed by atoms with van der Waals surface area (Å²) in [5.41, 5.74) is 2.43. The number of piperidine rings is 1. The van der Waals surface area contributed by atoms with Crippen molar-refractivity contribution in [1.82, 2.24) is 15.5 Å². The molecule has 0 aliphatic carbocycles. The van der Waals surface area contributed by atoms with Crippen molar-refractivity contribution >= 4 is 23.2 Å². The Kier molecular flexibility index (Phi) is 8.05. The predicted molar refractivity (Wildman–Crippen MR) is 122 cm³/mol. The number of hydrogen-bond donors (Lipinski definition) is 2. The van der Waals surface area contributed by atoms with Crippen molar-refractivity contribution in [2.45, 2.75) is 52.7 Å². The molecule has 1 fully saturated rings. The van der Waals surface area contributed by atoms with Gasteiger partial charge in [-0.15, -0.1) is 11.3 Å². The van der Waals surface area contributed by atoms with Crippen molar-refractivity contribution in [3.63, 3.8) is 0 Å². The van der Waals surface area contributed by atoms with Crippen molar-refractivity contribution in [3.05, 3.63) is 57.8 Å². The van der Waals surface area contributed by atoms with Crippen LogP contribution in [0.1, 0.15) is 55.7 Å². The van der Waals surface area contributed by atoms with Crippen LogP contribution in [-0.2, 0) is 22.7 Å². The Bertz CT molecular complexity index is 827. The first-order chi connectivity index (χ1) is 14.4. The van der Waals surface area contributed by atoms with E-state index in [1.807, 2.05) is 23.6 Å². The average molecular weight is 428 g/mol. The summed E-state index contributed by atoms with van der Waals surface area (Å²) < 4.78 is 0. The van der Waals surface area contributed by atoms with Gasteiger partial charge in [0.05, 0.1) is 12.5 Å². The normalized spacial score (nSPS) is 20.5. The highest BCUT2D eigenvalue weighted by atomic mass is 32.1. The molecule has 162 valence electrons. The Morgan fingerprint density at radius 1 is 1.10 bits per heavy atom. The number of carbonyl (C=O) groups is 2. The molecule has 30 heavy (non-hydrogen) atoms. The number of amides is 2. The molecule has 1 aliphatic rings. The van der Waals surface area contributed by atoms with Crippen LogP contribution in [0.3, 0.4) is 0 Å². The molecule has 1 aliphatic heterocycles. The summed E-state index contributed by atoms with van der Waals surface area (Å²) in [5, 5.41) is 7.90. The van der Waals surface area contributed by atoms with Gasteiger partial charge < -0.3 is 10.6 Å². The standard InChI is InChI=1S/C24H33N3O2S/c1-17-11-18(2)15-27(14-17)16-21-8-5-4-7-20(21)13-25-24(29)12-22(26-19(3)28)23-9-6-10-30-23/h4-10,17-18,22H,11-16H2,1-3H3,(H,25,29)(H,26,28)/t17-,18-,22+/m1/s1. The number of nitrogens with one attached hydrogen (secondary N) is 2. The predicted octanol–water partition coefficient (Wildman–Crippen LogP) is 4.11. The number of hydrogen-bond acceptors (Lipinski definition) is 4. The van der Waals surface area contributed by atoms with E-state index in [0.29, 0.717) is 6.54 Å². The third kappa shape index (κ3) is 6.67. The summed E-state index contributed by atoms with van der Waals surface area (Å²) >= 11 is 1.55. The fourth-order valence-corrected chi connectivity index (χ4v) is 5.23. The lowest BCUT2D eigenvalue weighted by atomic mass is 9.91. The Labute approximate surface area is 183 Å². The lowest BCUT2D eigenvalue weighted by molar-refractivity contribution is -0.122. The van der Waals surface area contributed by atoms with Gasteiger partial charge in [-0.25, -0.2) is 0 Å². The molecule has 2 N–H and O–H groups in total. The number of carbonyl (C=O) groups excluding carboxylic acids is 2. The van der Waals surface area contributed by atoms with Gasteiger partial charge in [0.2, 0.25) is 11.8 Å². The van der Waals surface area contributed by atoms with E-state index in [2.05, 4.69) is 47.6 Å². The maximum absolute atomic E-state index is 12.6. The molecular formula is C24H33N3O2S. The zero-order valence-electron chi connectivity index (χ0n) is 18.2. The Balaban J connectivity index is 1.58. The smallest absolute Gasteiger partial charge is 0.222 e. The van der Waals surface area contributed by atoms with Crippen LogP contribution in [0.15, 0.2) is 41.8 Å². The van der Waals surface area contributed by atoms with Crippen LogP contribution in [-0.4, -0.2) is 29.8 Å². The van der Waals surface area contributed by atoms with Crippen molar-refractivity contribution in [2.24, 2.45) is 11.8 Å². The van der Waals surface area contributed by atoms with Crippen LogP contribution >= 0.6 is 11.3 Å². The number of nitrogens with zero attached hydrogens (tertiary/aromatic N) is 1. The van der Waals surface area contributed by atoms with E-state index in [4.69, 9.17) is 0 Å². The minimum absolute atomic E-state index is 0.0582. The second-order valence-corrected chi connectivity index (χ2v) is 9.64. The minimum atomic E-state index is -0.283. The van der Waals surface area contributed by atoms with Crippen LogP contribution in [0.25, 0.3) is 0 Å². The maximum Gasteiger partial charge on any atom is 0.222 e. The van der Waals surface area contributed by atoms with E-state index in [9.17, 15) is 9.59 Å². The summed E-state index contributed by atoms with van der Waals surface area (Å²) in [4.78, 5) is 27.7. The summed E-state index contributed by atoms with van der Waals surface area (Å²) in [7, 11) is 0. The second-order valence-electron chi connectivity index (χ2n) is 8.66. The average Bonchev–Trinajstić information content (AvgIpc) is 3.20. The van der Waals surface area contributed by atoms with Gasteiger partial charge in [0.1, 0.15) is 0 Å². The largest absolute Gasteiger partial charge is 0.352 e. The van der Waals surface area contributed by atoms with Crippen LogP contribution < -0.4 is 10.6 Å². The van der Waals surface area contributed by atoms with Crippen molar-refractivity contribution in [3.8, 4) is 0 Å². The molecule has 0 unspecified atom stereocenters. The Morgan fingerprint density at radius 2 is 1.80 bits per heavy atom. The first-order valence-electron chi connectivity index (χ1n) is 10.8. The molecule has 0 bridgehead atoms. The van der Waals surface area contributed by atoms with Gasteiger partial charge in [-0.1, -0.05) is 44.2 Å². The molecule has 2 amide bonds. The van der Waals surface area contributed by atoms with E-state index >= 15 is 0 Å². The fraction of sp³-hybridized carbons (Fsp3) is 0.500. The maximum atomic E-state index is 12.6. The van der Waals surface area contributed by atoms with E-state index in [1.165, 1.54) is 18.9 Å². The quantitative estimate of drug-likeness (QED) is 0.666. The molecule has 3 atom stereocenters.